The van der Waals surface area contributed by atoms with Gasteiger partial charge in [0, 0.05) is 34.7 Å². The van der Waals surface area contributed by atoms with E-state index in [2.05, 4.69) is 51.5 Å². The largest absolute Gasteiger partial charge is 0.344 e. The molecular formula is C27H32NOPS. The normalized spacial score (nSPS) is 12.1. The van der Waals surface area contributed by atoms with Gasteiger partial charge in [0.05, 0.1) is 10.8 Å². The van der Waals surface area contributed by atoms with E-state index in [0.717, 1.165) is 28.0 Å². The molecule has 0 aliphatic carbocycles. The van der Waals surface area contributed by atoms with Crippen molar-refractivity contribution in [1.29, 1.82) is 0 Å². The minimum Gasteiger partial charge on any atom is -0.344 e. The van der Waals surface area contributed by atoms with Gasteiger partial charge in [-0.1, -0.05) is 93.3 Å². The fourth-order valence-electron chi connectivity index (χ4n) is 3.09. The molecule has 4 heteroatoms. The molecule has 2 atom stereocenters. The SMILES string of the molecule is C=C(C)C(CCS(=O)c1ccccc1)C(=P)N(C)c1ccccc1.Cc1ccccc1. The highest BCUT2D eigenvalue weighted by atomic mass is 32.2. The molecule has 0 aliphatic rings. The fraction of sp³-hybridized carbons (Fsp3) is 0.222. The Morgan fingerprint density at radius 1 is 0.935 bits per heavy atom. The highest BCUT2D eigenvalue weighted by molar-refractivity contribution is 7.85. The van der Waals surface area contributed by atoms with Gasteiger partial charge in [-0.3, -0.25) is 4.21 Å². The first kappa shape index (κ1) is 24.8. The minimum atomic E-state index is -0.989. The maximum absolute atomic E-state index is 12.5. The molecular weight excluding hydrogens is 417 g/mol. The molecule has 0 bridgehead atoms. The van der Waals surface area contributed by atoms with Crippen molar-refractivity contribution in [2.45, 2.75) is 25.2 Å². The summed E-state index contributed by atoms with van der Waals surface area (Å²) in [6.45, 7) is 8.23. The first-order valence-corrected chi connectivity index (χ1v) is 12.2. The molecule has 3 rings (SSSR count). The Bertz CT molecular complexity index is 974. The molecule has 2 unspecified atom stereocenters. The summed E-state index contributed by atoms with van der Waals surface area (Å²) >= 11 is 0. The van der Waals surface area contributed by atoms with Gasteiger partial charge in [0.25, 0.3) is 0 Å². The summed E-state index contributed by atoms with van der Waals surface area (Å²) in [4.78, 5) is 2.99. The highest BCUT2D eigenvalue weighted by Gasteiger charge is 2.20. The molecule has 3 aromatic carbocycles. The van der Waals surface area contributed by atoms with Gasteiger partial charge in [0.2, 0.25) is 0 Å². The molecule has 0 spiro atoms. The van der Waals surface area contributed by atoms with Crippen LogP contribution in [0.2, 0.25) is 0 Å². The zero-order valence-electron chi connectivity index (χ0n) is 18.6. The average molecular weight is 450 g/mol. The number of benzene rings is 3. The Hall–Kier alpha value is -2.48. The molecule has 0 saturated heterocycles. The van der Waals surface area contributed by atoms with Crippen LogP contribution in [0.4, 0.5) is 5.69 Å². The second-order valence-corrected chi connectivity index (χ2v) is 9.57. The van der Waals surface area contributed by atoms with Crippen molar-refractivity contribution in [3.8, 4) is 0 Å². The Labute approximate surface area is 192 Å². The number of aryl methyl sites for hydroxylation is 1. The molecule has 0 fully saturated rings. The van der Waals surface area contributed by atoms with Crippen molar-refractivity contribution < 1.29 is 4.21 Å². The fourth-order valence-corrected chi connectivity index (χ4v) is 4.76. The van der Waals surface area contributed by atoms with Crippen LogP contribution in [0, 0.1) is 12.8 Å². The summed E-state index contributed by atoms with van der Waals surface area (Å²) in [7, 11) is 4.84. The second kappa shape index (κ2) is 13.0. The highest BCUT2D eigenvalue weighted by Crippen LogP contribution is 2.23. The quantitative estimate of drug-likeness (QED) is 0.279. The van der Waals surface area contributed by atoms with Gasteiger partial charge in [0.1, 0.15) is 0 Å². The van der Waals surface area contributed by atoms with Crippen LogP contribution in [0.3, 0.4) is 0 Å². The molecule has 3 aromatic rings. The molecule has 0 aliphatic heterocycles. The summed E-state index contributed by atoms with van der Waals surface area (Å²) < 4.78 is 12.5. The maximum Gasteiger partial charge on any atom is 0.0529 e. The van der Waals surface area contributed by atoms with Crippen LogP contribution in [-0.4, -0.2) is 22.4 Å². The van der Waals surface area contributed by atoms with E-state index in [9.17, 15) is 4.21 Å². The lowest BCUT2D eigenvalue weighted by atomic mass is 9.98. The third-order valence-electron chi connectivity index (χ3n) is 4.97. The predicted molar refractivity (Wildman–Crippen MR) is 140 cm³/mol. The third-order valence-corrected chi connectivity index (χ3v) is 7.06. The van der Waals surface area contributed by atoms with Crippen LogP contribution in [0.25, 0.3) is 0 Å². The van der Waals surface area contributed by atoms with Crippen LogP contribution in [0.15, 0.2) is 108 Å². The van der Waals surface area contributed by atoms with Crippen molar-refractivity contribution in [1.82, 2.24) is 0 Å². The Morgan fingerprint density at radius 3 is 1.87 bits per heavy atom. The van der Waals surface area contributed by atoms with Gasteiger partial charge in [0.15, 0.2) is 0 Å². The summed E-state index contributed by atoms with van der Waals surface area (Å²) in [5, 5.41) is 0. The zero-order chi connectivity index (χ0) is 22.6. The van der Waals surface area contributed by atoms with Crippen molar-refractivity contribution >= 4 is 30.8 Å². The van der Waals surface area contributed by atoms with Crippen molar-refractivity contribution in [2.24, 2.45) is 5.92 Å². The molecule has 2 nitrogen and oxygen atoms in total. The van der Waals surface area contributed by atoms with Crippen molar-refractivity contribution in [2.75, 3.05) is 17.7 Å². The summed E-state index contributed by atoms with van der Waals surface area (Å²) in [6, 6.07) is 30.1. The average Bonchev–Trinajstić information content (AvgIpc) is 2.80. The molecule has 162 valence electrons. The van der Waals surface area contributed by atoms with E-state index < -0.39 is 10.8 Å². The van der Waals surface area contributed by atoms with Gasteiger partial charge in [-0.25, -0.2) is 0 Å². The topological polar surface area (TPSA) is 20.3 Å². The molecule has 0 aromatic heterocycles. The smallest absolute Gasteiger partial charge is 0.0529 e. The van der Waals surface area contributed by atoms with Gasteiger partial charge in [-0.05, 0) is 44.5 Å². The van der Waals surface area contributed by atoms with E-state index >= 15 is 0 Å². The Kier molecular flexibility index (Phi) is 10.4. The summed E-state index contributed by atoms with van der Waals surface area (Å²) in [5.74, 6) is 0.748. The van der Waals surface area contributed by atoms with Crippen LogP contribution < -0.4 is 4.90 Å². The maximum atomic E-state index is 12.5. The first-order valence-electron chi connectivity index (χ1n) is 10.4. The minimum absolute atomic E-state index is 0.138. The molecule has 0 saturated carbocycles. The van der Waals surface area contributed by atoms with Crippen LogP contribution in [0.1, 0.15) is 18.9 Å². The Balaban J connectivity index is 0.000000412. The van der Waals surface area contributed by atoms with Gasteiger partial charge in [-0.2, -0.15) is 0 Å². The van der Waals surface area contributed by atoms with Crippen LogP contribution >= 0.6 is 8.86 Å². The summed E-state index contributed by atoms with van der Waals surface area (Å²) in [6.07, 6.45) is 0.785. The van der Waals surface area contributed by atoms with E-state index in [1.165, 1.54) is 5.56 Å². The van der Waals surface area contributed by atoms with E-state index in [-0.39, 0.29) is 5.92 Å². The second-order valence-electron chi connectivity index (χ2n) is 7.48. The van der Waals surface area contributed by atoms with E-state index in [4.69, 9.17) is 0 Å². The monoisotopic (exact) mass is 449 g/mol. The van der Waals surface area contributed by atoms with E-state index in [1.807, 2.05) is 80.7 Å². The van der Waals surface area contributed by atoms with Gasteiger partial charge in [-0.15, -0.1) is 0 Å². The lowest BCUT2D eigenvalue weighted by Gasteiger charge is -2.28. The predicted octanol–water partition coefficient (Wildman–Crippen LogP) is 6.78. The molecule has 0 amide bonds. The number of rotatable bonds is 8. The number of anilines is 1. The van der Waals surface area contributed by atoms with Crippen molar-refractivity contribution in [3.05, 3.63) is 109 Å². The lowest BCUT2D eigenvalue weighted by Crippen LogP contribution is -2.32. The number of nitrogens with zero attached hydrogens (tertiary/aromatic N) is 1. The van der Waals surface area contributed by atoms with Gasteiger partial charge < -0.3 is 4.90 Å². The van der Waals surface area contributed by atoms with Crippen molar-refractivity contribution in [3.63, 3.8) is 0 Å². The molecule has 0 radical (unpaired) electrons. The van der Waals surface area contributed by atoms with Crippen LogP contribution in [-0.2, 0) is 10.8 Å². The standard InChI is InChI=1S/C20H24NOPS.C7H8/c1-16(2)19(14-15-24(22)18-12-8-5-9-13-18)20(23)21(3)17-10-6-4-7-11-17;1-7-5-3-2-4-6-7/h4-13,19,23H,1,14-15H2,2-3H3;2-6H,1H3. The number of hydrogen-bond donors (Lipinski definition) is 0. The Morgan fingerprint density at radius 2 is 1.42 bits per heavy atom. The first-order chi connectivity index (χ1) is 14.9. The molecule has 0 N–H and O–H groups in total. The number of para-hydroxylation sites is 1. The third kappa shape index (κ3) is 8.28. The van der Waals surface area contributed by atoms with E-state index in [1.54, 1.807) is 0 Å². The van der Waals surface area contributed by atoms with E-state index in [0.29, 0.717) is 5.75 Å². The summed E-state index contributed by atoms with van der Waals surface area (Å²) in [5.41, 5.74) is 4.53. The molecule has 0 heterocycles. The molecule has 31 heavy (non-hydrogen) atoms. The van der Waals surface area contributed by atoms with Gasteiger partial charge >= 0.3 is 0 Å². The zero-order valence-corrected chi connectivity index (χ0v) is 20.4. The van der Waals surface area contributed by atoms with Crippen LogP contribution in [0.5, 0.6) is 0 Å². The lowest BCUT2D eigenvalue weighted by molar-refractivity contribution is 0.675. The number of hydrogen-bond acceptors (Lipinski definition) is 1.